The molecular weight excluding hydrogens is 250 g/mol. The first-order valence-corrected chi connectivity index (χ1v) is 6.63. The molecule has 0 spiro atoms. The Hall–Kier alpha value is -1.66. The molecule has 94 valence electrons. The zero-order chi connectivity index (χ0) is 12.4. The Morgan fingerprint density at radius 1 is 1.33 bits per heavy atom. The fourth-order valence-corrected chi connectivity index (χ4v) is 2.52. The van der Waals surface area contributed by atoms with Gasteiger partial charge in [-0.05, 0) is 12.1 Å². The fourth-order valence-electron chi connectivity index (χ4n) is 1.78. The molecule has 0 amide bonds. The number of nitrogens with zero attached hydrogens (tertiary/aromatic N) is 2. The van der Waals surface area contributed by atoms with E-state index in [1.54, 1.807) is 18.0 Å². The summed E-state index contributed by atoms with van der Waals surface area (Å²) in [7, 11) is 0. The third-order valence-corrected chi connectivity index (χ3v) is 3.59. The minimum Gasteiger partial charge on any atom is -0.454 e. The molecule has 0 radical (unpaired) electrons. The average Bonchev–Trinajstić information content (AvgIpc) is 3.03. The number of hydrogen-bond donors (Lipinski definition) is 1. The molecule has 1 aliphatic heterocycles. The summed E-state index contributed by atoms with van der Waals surface area (Å²) in [5.41, 5.74) is 6.52. The van der Waals surface area contributed by atoms with Gasteiger partial charge in [-0.1, -0.05) is 11.8 Å². The van der Waals surface area contributed by atoms with E-state index in [1.807, 2.05) is 29.0 Å². The third kappa shape index (κ3) is 2.04. The maximum atomic E-state index is 5.51. The molecule has 1 aliphatic rings. The highest BCUT2D eigenvalue weighted by Crippen LogP contribution is 2.34. The van der Waals surface area contributed by atoms with Gasteiger partial charge in [0.25, 0.3) is 0 Å². The zero-order valence-electron chi connectivity index (χ0n) is 9.70. The molecule has 2 N–H and O–H groups in total. The summed E-state index contributed by atoms with van der Waals surface area (Å²) in [6, 6.07) is 5.85. The number of fused-ring (bicyclic) bond motifs is 1. The number of ether oxygens (including phenoxy) is 2. The predicted molar refractivity (Wildman–Crippen MR) is 69.5 cm³/mol. The maximum Gasteiger partial charge on any atom is 0.231 e. The molecule has 18 heavy (non-hydrogen) atoms. The van der Waals surface area contributed by atoms with E-state index in [4.69, 9.17) is 15.2 Å². The topological polar surface area (TPSA) is 62.3 Å². The number of imidazole rings is 1. The van der Waals surface area contributed by atoms with E-state index in [9.17, 15) is 0 Å². The standard InChI is InChI=1S/C12H13N3O2S/c13-3-6-18-12-14-4-5-15(12)9-1-2-10-11(7-9)17-8-16-10/h1-2,4-5,7H,3,6,8,13H2. The van der Waals surface area contributed by atoms with Gasteiger partial charge >= 0.3 is 0 Å². The summed E-state index contributed by atoms with van der Waals surface area (Å²) in [4.78, 5) is 4.32. The highest BCUT2D eigenvalue weighted by Gasteiger charge is 2.15. The van der Waals surface area contributed by atoms with Crippen LogP contribution in [0.5, 0.6) is 11.5 Å². The van der Waals surface area contributed by atoms with E-state index in [-0.39, 0.29) is 6.79 Å². The van der Waals surface area contributed by atoms with Crippen LogP contribution < -0.4 is 15.2 Å². The van der Waals surface area contributed by atoms with Crippen molar-refractivity contribution in [3.8, 4) is 17.2 Å². The number of benzene rings is 1. The summed E-state index contributed by atoms with van der Waals surface area (Å²) in [5, 5.41) is 0.930. The molecule has 0 aliphatic carbocycles. The Balaban J connectivity index is 1.92. The summed E-state index contributed by atoms with van der Waals surface area (Å²) >= 11 is 1.64. The lowest BCUT2D eigenvalue weighted by Crippen LogP contribution is -2.03. The molecule has 0 atom stereocenters. The summed E-state index contributed by atoms with van der Waals surface area (Å²) < 4.78 is 12.7. The van der Waals surface area contributed by atoms with E-state index < -0.39 is 0 Å². The maximum absolute atomic E-state index is 5.51. The molecule has 6 heteroatoms. The Morgan fingerprint density at radius 3 is 3.11 bits per heavy atom. The van der Waals surface area contributed by atoms with Crippen LogP contribution in [0, 0.1) is 0 Å². The van der Waals surface area contributed by atoms with Crippen molar-refractivity contribution in [2.75, 3.05) is 19.1 Å². The molecule has 0 saturated carbocycles. The molecule has 2 heterocycles. The zero-order valence-corrected chi connectivity index (χ0v) is 10.5. The highest BCUT2D eigenvalue weighted by atomic mass is 32.2. The number of nitrogens with two attached hydrogens (primary N) is 1. The van der Waals surface area contributed by atoms with Crippen molar-refractivity contribution in [1.82, 2.24) is 9.55 Å². The van der Waals surface area contributed by atoms with Crippen LogP contribution in [0.25, 0.3) is 5.69 Å². The van der Waals surface area contributed by atoms with E-state index in [2.05, 4.69) is 4.98 Å². The first-order valence-electron chi connectivity index (χ1n) is 5.65. The monoisotopic (exact) mass is 263 g/mol. The summed E-state index contributed by atoms with van der Waals surface area (Å²) in [5.74, 6) is 2.41. The Kier molecular flexibility index (Phi) is 3.12. The van der Waals surface area contributed by atoms with Crippen molar-refractivity contribution in [2.45, 2.75) is 5.16 Å². The molecule has 0 unspecified atom stereocenters. The van der Waals surface area contributed by atoms with Gasteiger partial charge in [0.1, 0.15) is 0 Å². The smallest absolute Gasteiger partial charge is 0.231 e. The number of aromatic nitrogens is 2. The lowest BCUT2D eigenvalue weighted by molar-refractivity contribution is 0.174. The van der Waals surface area contributed by atoms with Crippen molar-refractivity contribution < 1.29 is 9.47 Å². The average molecular weight is 263 g/mol. The second-order valence-corrected chi connectivity index (χ2v) is 4.82. The first-order chi connectivity index (χ1) is 8.88. The number of rotatable bonds is 4. The van der Waals surface area contributed by atoms with Gasteiger partial charge < -0.3 is 15.2 Å². The van der Waals surface area contributed by atoms with Crippen LogP contribution >= 0.6 is 11.8 Å². The van der Waals surface area contributed by atoms with Crippen molar-refractivity contribution in [3.63, 3.8) is 0 Å². The fraction of sp³-hybridized carbons (Fsp3) is 0.250. The van der Waals surface area contributed by atoms with Crippen LogP contribution in [0.2, 0.25) is 0 Å². The summed E-state index contributed by atoms with van der Waals surface area (Å²) in [6.45, 7) is 0.927. The van der Waals surface area contributed by atoms with Crippen LogP contribution in [0.1, 0.15) is 0 Å². The minimum absolute atomic E-state index is 0.289. The van der Waals surface area contributed by atoms with Crippen molar-refractivity contribution in [1.29, 1.82) is 0 Å². The highest BCUT2D eigenvalue weighted by molar-refractivity contribution is 7.99. The van der Waals surface area contributed by atoms with E-state index in [1.165, 1.54) is 0 Å². The Labute approximate surface area is 109 Å². The Bertz CT molecular complexity index is 556. The minimum atomic E-state index is 0.289. The van der Waals surface area contributed by atoms with E-state index >= 15 is 0 Å². The lowest BCUT2D eigenvalue weighted by Gasteiger charge is -2.07. The summed E-state index contributed by atoms with van der Waals surface area (Å²) in [6.07, 6.45) is 3.71. The molecule has 2 aromatic rings. The molecule has 1 aromatic heterocycles. The third-order valence-electron chi connectivity index (χ3n) is 2.59. The molecule has 0 bridgehead atoms. The Morgan fingerprint density at radius 2 is 2.22 bits per heavy atom. The van der Waals surface area contributed by atoms with E-state index in [0.717, 1.165) is 28.1 Å². The van der Waals surface area contributed by atoms with Gasteiger partial charge in [-0.3, -0.25) is 4.57 Å². The van der Waals surface area contributed by atoms with Gasteiger partial charge in [0.05, 0.1) is 5.69 Å². The van der Waals surface area contributed by atoms with Gasteiger partial charge in [-0.25, -0.2) is 4.98 Å². The van der Waals surface area contributed by atoms with Crippen LogP contribution in [-0.2, 0) is 0 Å². The second kappa shape index (κ2) is 4.91. The van der Waals surface area contributed by atoms with Crippen LogP contribution in [0.3, 0.4) is 0 Å². The molecule has 5 nitrogen and oxygen atoms in total. The van der Waals surface area contributed by atoms with Crippen molar-refractivity contribution in [3.05, 3.63) is 30.6 Å². The SMILES string of the molecule is NCCSc1nccn1-c1ccc2c(c1)OCO2. The quantitative estimate of drug-likeness (QED) is 0.850. The number of thioether (sulfide) groups is 1. The predicted octanol–water partition coefficient (Wildman–Crippen LogP) is 1.65. The van der Waals surface area contributed by atoms with Gasteiger partial charge in [0, 0.05) is 30.8 Å². The van der Waals surface area contributed by atoms with Crippen LogP contribution in [0.4, 0.5) is 0 Å². The van der Waals surface area contributed by atoms with Crippen LogP contribution in [0.15, 0.2) is 35.7 Å². The first kappa shape index (κ1) is 11.4. The normalized spacial score (nSPS) is 12.9. The van der Waals surface area contributed by atoms with Gasteiger partial charge in [0.2, 0.25) is 6.79 Å². The second-order valence-electron chi connectivity index (χ2n) is 3.75. The van der Waals surface area contributed by atoms with Crippen molar-refractivity contribution in [2.24, 2.45) is 5.73 Å². The van der Waals surface area contributed by atoms with Gasteiger partial charge in [-0.2, -0.15) is 0 Å². The van der Waals surface area contributed by atoms with Crippen molar-refractivity contribution >= 4 is 11.8 Å². The molecular formula is C12H13N3O2S. The molecule has 1 aromatic carbocycles. The van der Waals surface area contributed by atoms with E-state index in [0.29, 0.717) is 6.54 Å². The molecule has 0 saturated heterocycles. The molecule has 0 fully saturated rings. The number of hydrogen-bond acceptors (Lipinski definition) is 5. The van der Waals surface area contributed by atoms with Crippen LogP contribution in [-0.4, -0.2) is 28.6 Å². The van der Waals surface area contributed by atoms with Gasteiger partial charge in [0.15, 0.2) is 16.7 Å². The van der Waals surface area contributed by atoms with Gasteiger partial charge in [-0.15, -0.1) is 0 Å². The molecule has 3 rings (SSSR count). The lowest BCUT2D eigenvalue weighted by atomic mass is 10.3. The largest absolute Gasteiger partial charge is 0.454 e.